The van der Waals surface area contributed by atoms with E-state index >= 15 is 0 Å². The molecule has 2 aromatic heterocycles. The molecule has 0 radical (unpaired) electrons. The van der Waals surface area contributed by atoms with E-state index in [9.17, 15) is 9.59 Å². The molecular weight excluding hydrogens is 386 g/mol. The van der Waals surface area contributed by atoms with E-state index in [1.807, 2.05) is 38.4 Å². The van der Waals surface area contributed by atoms with Crippen molar-refractivity contribution in [2.24, 2.45) is 7.05 Å². The van der Waals surface area contributed by atoms with Crippen molar-refractivity contribution < 1.29 is 9.59 Å². The highest BCUT2D eigenvalue weighted by Crippen LogP contribution is 2.26. The van der Waals surface area contributed by atoms with Crippen LogP contribution < -0.4 is 10.6 Å². The average molecular weight is 412 g/mol. The van der Waals surface area contributed by atoms with Gasteiger partial charge in [-0.25, -0.2) is 4.98 Å². The number of hydrogen-bond acceptors (Lipinski definition) is 5. The van der Waals surface area contributed by atoms with Gasteiger partial charge in [-0.2, -0.15) is 5.10 Å². The lowest BCUT2D eigenvalue weighted by atomic mass is 10.1. The average Bonchev–Trinajstić information content (AvgIpc) is 3.23. The van der Waals surface area contributed by atoms with Crippen LogP contribution in [0.5, 0.6) is 0 Å². The van der Waals surface area contributed by atoms with E-state index in [2.05, 4.69) is 32.8 Å². The van der Waals surface area contributed by atoms with Crippen molar-refractivity contribution in [2.75, 3.05) is 11.9 Å². The largest absolute Gasteiger partial charge is 0.356 e. The number of nitrogens with zero attached hydrogens (tertiary/aromatic N) is 3. The molecule has 2 heterocycles. The van der Waals surface area contributed by atoms with Gasteiger partial charge in [0.05, 0.1) is 17.0 Å². The Labute approximate surface area is 174 Å². The summed E-state index contributed by atoms with van der Waals surface area (Å²) in [6.07, 6.45) is 1.81. The minimum Gasteiger partial charge on any atom is -0.356 e. The summed E-state index contributed by atoms with van der Waals surface area (Å²) in [5.74, 6) is -0.191. The van der Waals surface area contributed by atoms with E-state index in [4.69, 9.17) is 0 Å². The first-order chi connectivity index (χ1) is 13.8. The Morgan fingerprint density at radius 2 is 1.90 bits per heavy atom. The molecule has 8 heteroatoms. The first-order valence-electron chi connectivity index (χ1n) is 9.46. The fraction of sp³-hybridized carbons (Fsp3) is 0.333. The zero-order valence-electron chi connectivity index (χ0n) is 17.1. The Bertz CT molecular complexity index is 1020. The summed E-state index contributed by atoms with van der Waals surface area (Å²) in [4.78, 5) is 28.0. The molecule has 2 amide bonds. The van der Waals surface area contributed by atoms with Crippen LogP contribution in [-0.4, -0.2) is 33.1 Å². The summed E-state index contributed by atoms with van der Waals surface area (Å²) < 4.78 is 1.70. The van der Waals surface area contributed by atoms with Crippen LogP contribution in [0.25, 0.3) is 11.3 Å². The first kappa shape index (κ1) is 20.7. The number of benzene rings is 1. The summed E-state index contributed by atoms with van der Waals surface area (Å²) >= 11 is 1.40. The predicted octanol–water partition coefficient (Wildman–Crippen LogP) is 3.48. The van der Waals surface area contributed by atoms with Gasteiger partial charge >= 0.3 is 0 Å². The van der Waals surface area contributed by atoms with Crippen LogP contribution in [0.2, 0.25) is 0 Å². The highest BCUT2D eigenvalue weighted by molar-refractivity contribution is 7.14. The fourth-order valence-electron chi connectivity index (χ4n) is 3.12. The van der Waals surface area contributed by atoms with Crippen LogP contribution in [-0.2, 0) is 18.3 Å². The van der Waals surface area contributed by atoms with Crippen molar-refractivity contribution in [3.05, 3.63) is 52.2 Å². The molecule has 0 fully saturated rings. The number of aryl methyl sites for hydroxylation is 3. The molecule has 0 saturated heterocycles. The normalized spacial score (nSPS) is 10.8. The topological polar surface area (TPSA) is 88.9 Å². The molecule has 0 atom stereocenters. The zero-order valence-corrected chi connectivity index (χ0v) is 17.9. The molecule has 3 aromatic rings. The molecule has 0 unspecified atom stereocenters. The smallest absolute Gasteiger partial charge is 0.261 e. The maximum absolute atomic E-state index is 12.6. The number of thiazole rings is 1. The number of amides is 2. The summed E-state index contributed by atoms with van der Waals surface area (Å²) in [6, 6.07) is 8.21. The van der Waals surface area contributed by atoms with E-state index in [-0.39, 0.29) is 11.8 Å². The third-order valence-corrected chi connectivity index (χ3v) is 5.48. The van der Waals surface area contributed by atoms with Gasteiger partial charge in [0.2, 0.25) is 5.91 Å². The quantitative estimate of drug-likeness (QED) is 0.583. The molecule has 0 bridgehead atoms. The lowest BCUT2D eigenvalue weighted by Gasteiger charge is -2.04. The third-order valence-electron chi connectivity index (χ3n) is 4.73. The second-order valence-electron chi connectivity index (χ2n) is 6.94. The molecule has 152 valence electrons. The molecule has 3 rings (SSSR count). The van der Waals surface area contributed by atoms with Gasteiger partial charge in [-0.1, -0.05) is 24.3 Å². The summed E-state index contributed by atoms with van der Waals surface area (Å²) in [7, 11) is 1.82. The Morgan fingerprint density at radius 3 is 2.52 bits per heavy atom. The molecule has 0 saturated carbocycles. The van der Waals surface area contributed by atoms with Gasteiger partial charge in [-0.15, -0.1) is 11.3 Å². The monoisotopic (exact) mass is 411 g/mol. The van der Waals surface area contributed by atoms with E-state index < -0.39 is 0 Å². The third kappa shape index (κ3) is 5.08. The Kier molecular flexibility index (Phi) is 6.43. The van der Waals surface area contributed by atoms with Crippen molar-refractivity contribution >= 4 is 28.3 Å². The van der Waals surface area contributed by atoms with Crippen LogP contribution in [0.15, 0.2) is 29.6 Å². The number of aromatic nitrogens is 3. The summed E-state index contributed by atoms with van der Waals surface area (Å²) in [5, 5.41) is 12.5. The minimum absolute atomic E-state index is 0.000578. The van der Waals surface area contributed by atoms with Gasteiger partial charge < -0.3 is 5.32 Å². The number of nitrogens with one attached hydrogen (secondary N) is 2. The Morgan fingerprint density at radius 1 is 1.17 bits per heavy atom. The highest BCUT2D eigenvalue weighted by atomic mass is 32.1. The molecule has 7 nitrogen and oxygen atoms in total. The molecule has 0 aliphatic heterocycles. The standard InChI is InChI=1S/C21H25N5O2S/c1-13-19(14(2)26(4)25-13)20(28)24-21-23-18(12-29-21)17-9-7-16(8-10-17)6-5-11-22-15(3)27/h7-10,12H,5-6,11H2,1-4H3,(H,22,27)(H,23,24,28). The van der Waals surface area contributed by atoms with Gasteiger partial charge in [0.1, 0.15) is 0 Å². The van der Waals surface area contributed by atoms with E-state index in [1.165, 1.54) is 23.8 Å². The van der Waals surface area contributed by atoms with Crippen molar-refractivity contribution in [2.45, 2.75) is 33.6 Å². The second-order valence-corrected chi connectivity index (χ2v) is 7.80. The molecule has 2 N–H and O–H groups in total. The van der Waals surface area contributed by atoms with Gasteiger partial charge in [-0.3, -0.25) is 19.6 Å². The van der Waals surface area contributed by atoms with Gasteiger partial charge in [0, 0.05) is 37.2 Å². The number of anilines is 1. The second kappa shape index (κ2) is 9.00. The molecule has 0 aliphatic rings. The lowest BCUT2D eigenvalue weighted by Crippen LogP contribution is -2.21. The first-order valence-corrected chi connectivity index (χ1v) is 10.3. The molecule has 0 spiro atoms. The predicted molar refractivity (Wildman–Crippen MR) is 115 cm³/mol. The zero-order chi connectivity index (χ0) is 21.0. The number of rotatable bonds is 7. The van der Waals surface area contributed by atoms with Crippen molar-refractivity contribution in [3.63, 3.8) is 0 Å². The van der Waals surface area contributed by atoms with Gasteiger partial charge in [-0.05, 0) is 32.3 Å². The minimum atomic E-state index is -0.191. The van der Waals surface area contributed by atoms with Gasteiger partial charge in [0.25, 0.3) is 5.91 Å². The van der Waals surface area contributed by atoms with Crippen molar-refractivity contribution in [1.82, 2.24) is 20.1 Å². The van der Waals surface area contributed by atoms with Crippen LogP contribution >= 0.6 is 11.3 Å². The summed E-state index contributed by atoms with van der Waals surface area (Å²) in [6.45, 7) is 5.91. The number of carbonyl (C=O) groups excluding carboxylic acids is 2. The molecular formula is C21H25N5O2S. The summed E-state index contributed by atoms with van der Waals surface area (Å²) in [5.41, 5.74) is 5.16. The highest BCUT2D eigenvalue weighted by Gasteiger charge is 2.18. The van der Waals surface area contributed by atoms with Crippen LogP contribution in [0.3, 0.4) is 0 Å². The fourth-order valence-corrected chi connectivity index (χ4v) is 3.84. The van der Waals surface area contributed by atoms with Crippen LogP contribution in [0.4, 0.5) is 5.13 Å². The van der Waals surface area contributed by atoms with Crippen LogP contribution in [0.1, 0.15) is 40.7 Å². The van der Waals surface area contributed by atoms with E-state index in [1.54, 1.807) is 4.68 Å². The Balaban J connectivity index is 1.62. The number of hydrogen-bond donors (Lipinski definition) is 2. The maximum atomic E-state index is 12.6. The number of carbonyl (C=O) groups is 2. The lowest BCUT2D eigenvalue weighted by molar-refractivity contribution is -0.118. The SMILES string of the molecule is CC(=O)NCCCc1ccc(-c2csc(NC(=O)c3c(C)nn(C)c3C)n2)cc1. The molecule has 0 aliphatic carbocycles. The van der Waals surface area contributed by atoms with Crippen molar-refractivity contribution in [1.29, 1.82) is 0 Å². The maximum Gasteiger partial charge on any atom is 0.261 e. The Hall–Kier alpha value is -3.00. The van der Waals surface area contributed by atoms with Crippen molar-refractivity contribution in [3.8, 4) is 11.3 Å². The van der Waals surface area contributed by atoms with Gasteiger partial charge in [0.15, 0.2) is 5.13 Å². The van der Waals surface area contributed by atoms with E-state index in [0.29, 0.717) is 22.9 Å². The van der Waals surface area contributed by atoms with Crippen LogP contribution in [0, 0.1) is 13.8 Å². The molecule has 1 aromatic carbocycles. The van der Waals surface area contributed by atoms with E-state index in [0.717, 1.165) is 29.8 Å². The molecule has 29 heavy (non-hydrogen) atoms.